The molecule has 2 aromatic carbocycles. The normalized spacial score (nSPS) is 10.9. The molecular weight excluding hydrogens is 348 g/mol. The van der Waals surface area contributed by atoms with Crippen molar-refractivity contribution in [2.75, 3.05) is 6.54 Å². The van der Waals surface area contributed by atoms with Crippen LogP contribution >= 0.6 is 0 Å². The second-order valence-electron chi connectivity index (χ2n) is 6.84. The summed E-state index contributed by atoms with van der Waals surface area (Å²) in [6.45, 7) is 0.646. The Kier molecular flexibility index (Phi) is 5.15. The maximum absolute atomic E-state index is 12.0. The molecule has 0 spiro atoms. The smallest absolute Gasteiger partial charge is 0.252 e. The number of rotatable bonds is 6. The summed E-state index contributed by atoms with van der Waals surface area (Å²) in [6.07, 6.45) is 6.96. The van der Waals surface area contributed by atoms with E-state index >= 15 is 0 Å². The third-order valence-corrected chi connectivity index (χ3v) is 4.88. The average Bonchev–Trinajstić information content (AvgIpc) is 3.12. The van der Waals surface area contributed by atoms with Gasteiger partial charge < -0.3 is 5.32 Å². The number of benzene rings is 2. The number of carbonyl (C=O) groups is 1. The molecule has 1 amide bonds. The first kappa shape index (κ1) is 17.9. The number of fused-ring (bicyclic) bond motifs is 1. The number of carbonyl (C=O) groups excluding carboxylic acids is 1. The minimum atomic E-state index is -0.0748. The van der Waals surface area contributed by atoms with Crippen molar-refractivity contribution in [1.29, 1.82) is 0 Å². The Bertz CT molecular complexity index is 1080. The highest BCUT2D eigenvalue weighted by molar-refractivity contribution is 5.93. The zero-order valence-electron chi connectivity index (χ0n) is 15.8. The molecule has 0 radical (unpaired) electrons. The first-order chi connectivity index (χ1) is 13.7. The van der Waals surface area contributed by atoms with Crippen LogP contribution in [0, 0.1) is 0 Å². The monoisotopic (exact) mass is 370 g/mol. The van der Waals surface area contributed by atoms with Crippen molar-refractivity contribution >= 4 is 16.8 Å². The second kappa shape index (κ2) is 8.05. The standard InChI is InChI=1S/C23H22N4O/c1-27-22-11-10-19(14-21(22)16-26-27)18-8-6-17(7-9-18)4-2-13-25-23(28)20-5-3-12-24-15-20/h3,5-12,14-16H,2,4,13H2,1H3,(H,25,28). The first-order valence-electron chi connectivity index (χ1n) is 9.40. The fraction of sp³-hybridized carbons (Fsp3) is 0.174. The van der Waals surface area contributed by atoms with Crippen LogP contribution in [-0.2, 0) is 13.5 Å². The van der Waals surface area contributed by atoms with Crippen molar-refractivity contribution in [3.63, 3.8) is 0 Å². The van der Waals surface area contributed by atoms with Gasteiger partial charge in [-0.15, -0.1) is 0 Å². The Hall–Kier alpha value is -3.47. The van der Waals surface area contributed by atoms with E-state index in [9.17, 15) is 4.79 Å². The van der Waals surface area contributed by atoms with Gasteiger partial charge in [0.05, 0.1) is 17.3 Å². The number of nitrogens with zero attached hydrogens (tertiary/aromatic N) is 3. The Morgan fingerprint density at radius 3 is 2.64 bits per heavy atom. The molecule has 4 rings (SSSR count). The van der Waals surface area contributed by atoms with E-state index in [-0.39, 0.29) is 5.91 Å². The topological polar surface area (TPSA) is 59.8 Å². The molecule has 0 aliphatic carbocycles. The highest BCUT2D eigenvalue weighted by atomic mass is 16.1. The van der Waals surface area contributed by atoms with E-state index < -0.39 is 0 Å². The Morgan fingerprint density at radius 1 is 1.04 bits per heavy atom. The van der Waals surface area contributed by atoms with E-state index in [2.05, 4.69) is 57.9 Å². The summed E-state index contributed by atoms with van der Waals surface area (Å²) in [6, 6.07) is 18.6. The van der Waals surface area contributed by atoms with Crippen molar-refractivity contribution in [2.45, 2.75) is 12.8 Å². The summed E-state index contributed by atoms with van der Waals surface area (Å²) in [4.78, 5) is 16.0. The number of hydrogen-bond acceptors (Lipinski definition) is 3. The van der Waals surface area contributed by atoms with Gasteiger partial charge in [-0.05, 0) is 53.8 Å². The van der Waals surface area contributed by atoms with Gasteiger partial charge in [-0.2, -0.15) is 5.10 Å². The molecule has 2 aromatic heterocycles. The molecule has 0 unspecified atom stereocenters. The average molecular weight is 370 g/mol. The van der Waals surface area contributed by atoms with Crippen LogP contribution in [0.4, 0.5) is 0 Å². The third-order valence-electron chi connectivity index (χ3n) is 4.88. The minimum Gasteiger partial charge on any atom is -0.352 e. The predicted octanol–water partition coefficient (Wildman–Crippen LogP) is 4.00. The Balaban J connectivity index is 1.32. The molecular formula is C23H22N4O. The maximum Gasteiger partial charge on any atom is 0.252 e. The van der Waals surface area contributed by atoms with Crippen LogP contribution in [0.2, 0.25) is 0 Å². The summed E-state index contributed by atoms with van der Waals surface area (Å²) in [5, 5.41) is 8.39. The lowest BCUT2D eigenvalue weighted by molar-refractivity contribution is 0.0953. The fourth-order valence-electron chi connectivity index (χ4n) is 3.30. The second-order valence-corrected chi connectivity index (χ2v) is 6.84. The van der Waals surface area contributed by atoms with Crippen molar-refractivity contribution < 1.29 is 4.79 Å². The minimum absolute atomic E-state index is 0.0748. The predicted molar refractivity (Wildman–Crippen MR) is 111 cm³/mol. The van der Waals surface area contributed by atoms with Crippen molar-refractivity contribution in [3.05, 3.63) is 84.3 Å². The molecule has 5 nitrogen and oxygen atoms in total. The SMILES string of the molecule is Cn1ncc2cc(-c3ccc(CCCNC(=O)c4cccnc4)cc3)ccc21. The highest BCUT2D eigenvalue weighted by Crippen LogP contribution is 2.24. The summed E-state index contributed by atoms with van der Waals surface area (Å²) < 4.78 is 1.88. The van der Waals surface area contributed by atoms with Gasteiger partial charge in [0.15, 0.2) is 0 Å². The Morgan fingerprint density at radius 2 is 1.86 bits per heavy atom. The summed E-state index contributed by atoms with van der Waals surface area (Å²) in [7, 11) is 1.95. The van der Waals surface area contributed by atoms with Gasteiger partial charge in [0.1, 0.15) is 0 Å². The van der Waals surface area contributed by atoms with Crippen LogP contribution in [0.5, 0.6) is 0 Å². The van der Waals surface area contributed by atoms with E-state index in [0.717, 1.165) is 23.7 Å². The zero-order valence-corrected chi connectivity index (χ0v) is 15.8. The molecule has 1 N–H and O–H groups in total. The number of pyridine rings is 1. The molecule has 0 bridgehead atoms. The first-order valence-corrected chi connectivity index (χ1v) is 9.40. The quantitative estimate of drug-likeness (QED) is 0.522. The van der Waals surface area contributed by atoms with Crippen LogP contribution < -0.4 is 5.32 Å². The molecule has 140 valence electrons. The molecule has 0 aliphatic heterocycles. The maximum atomic E-state index is 12.0. The number of aryl methyl sites for hydroxylation is 2. The molecule has 0 atom stereocenters. The molecule has 0 aliphatic rings. The summed E-state index contributed by atoms with van der Waals surface area (Å²) in [5.41, 5.74) is 5.38. The van der Waals surface area contributed by atoms with Crippen molar-refractivity contribution in [3.8, 4) is 11.1 Å². The number of aromatic nitrogens is 3. The number of hydrogen-bond donors (Lipinski definition) is 1. The third kappa shape index (κ3) is 3.93. The van der Waals surface area contributed by atoms with Gasteiger partial charge >= 0.3 is 0 Å². The van der Waals surface area contributed by atoms with Gasteiger partial charge in [0.25, 0.3) is 5.91 Å². The van der Waals surface area contributed by atoms with E-state index in [0.29, 0.717) is 12.1 Å². The molecule has 0 saturated heterocycles. The van der Waals surface area contributed by atoms with E-state index in [1.165, 1.54) is 16.7 Å². The van der Waals surface area contributed by atoms with E-state index in [4.69, 9.17) is 0 Å². The molecule has 4 aromatic rings. The largest absolute Gasteiger partial charge is 0.352 e. The van der Waals surface area contributed by atoms with Gasteiger partial charge in [0, 0.05) is 31.4 Å². The molecule has 0 saturated carbocycles. The van der Waals surface area contributed by atoms with Crippen molar-refractivity contribution in [1.82, 2.24) is 20.1 Å². The zero-order chi connectivity index (χ0) is 19.3. The highest BCUT2D eigenvalue weighted by Gasteiger charge is 2.05. The van der Waals surface area contributed by atoms with Crippen LogP contribution in [0.25, 0.3) is 22.0 Å². The molecule has 28 heavy (non-hydrogen) atoms. The van der Waals surface area contributed by atoms with Gasteiger partial charge in [-0.25, -0.2) is 0 Å². The lowest BCUT2D eigenvalue weighted by Gasteiger charge is -2.07. The molecule has 2 heterocycles. The lowest BCUT2D eigenvalue weighted by atomic mass is 10.0. The number of amides is 1. The molecule has 5 heteroatoms. The summed E-state index contributed by atoms with van der Waals surface area (Å²) in [5.74, 6) is -0.0748. The van der Waals surface area contributed by atoms with Crippen LogP contribution in [-0.4, -0.2) is 27.2 Å². The van der Waals surface area contributed by atoms with Crippen LogP contribution in [0.1, 0.15) is 22.3 Å². The summed E-state index contributed by atoms with van der Waals surface area (Å²) >= 11 is 0. The van der Waals surface area contributed by atoms with Gasteiger partial charge in [-0.1, -0.05) is 30.3 Å². The van der Waals surface area contributed by atoms with Gasteiger partial charge in [-0.3, -0.25) is 14.5 Å². The lowest BCUT2D eigenvalue weighted by Crippen LogP contribution is -2.24. The van der Waals surface area contributed by atoms with Crippen LogP contribution in [0.3, 0.4) is 0 Å². The van der Waals surface area contributed by atoms with Crippen molar-refractivity contribution in [2.24, 2.45) is 7.05 Å². The fourth-order valence-corrected chi connectivity index (χ4v) is 3.30. The Labute approximate surface area is 164 Å². The van der Waals surface area contributed by atoms with E-state index in [1.54, 1.807) is 24.5 Å². The van der Waals surface area contributed by atoms with Gasteiger partial charge in [0.2, 0.25) is 0 Å². The number of nitrogens with one attached hydrogen (secondary N) is 1. The molecule has 0 fully saturated rings. The van der Waals surface area contributed by atoms with E-state index in [1.807, 2.05) is 17.9 Å². The van der Waals surface area contributed by atoms with Crippen LogP contribution in [0.15, 0.2) is 73.2 Å².